The van der Waals surface area contributed by atoms with Crippen molar-refractivity contribution in [1.82, 2.24) is 4.90 Å². The van der Waals surface area contributed by atoms with Crippen LogP contribution in [0.2, 0.25) is 0 Å². The summed E-state index contributed by atoms with van der Waals surface area (Å²) in [6, 6.07) is 8.22. The molecule has 2 aromatic rings. The normalized spacial score (nSPS) is 22.3. The molecule has 6 heteroatoms. The quantitative estimate of drug-likeness (QED) is 0.733. The van der Waals surface area contributed by atoms with Crippen molar-refractivity contribution in [3.63, 3.8) is 0 Å². The molecule has 0 spiro atoms. The summed E-state index contributed by atoms with van der Waals surface area (Å²) in [7, 11) is 0. The zero-order valence-electron chi connectivity index (χ0n) is 16.2. The number of hydrogen-bond acceptors (Lipinski definition) is 5. The van der Waals surface area contributed by atoms with Gasteiger partial charge in [0.2, 0.25) is 5.78 Å². The first-order valence-corrected chi connectivity index (χ1v) is 9.92. The number of nitrogens with zero attached hydrogens (tertiary/aromatic N) is 1. The number of hydrogen-bond donors (Lipinski definition) is 0. The van der Waals surface area contributed by atoms with Gasteiger partial charge in [0.15, 0.2) is 5.76 Å². The van der Waals surface area contributed by atoms with E-state index in [1.165, 1.54) is 12.1 Å². The lowest BCUT2D eigenvalue weighted by atomic mass is 9.98. The van der Waals surface area contributed by atoms with Crippen molar-refractivity contribution in [2.24, 2.45) is 0 Å². The van der Waals surface area contributed by atoms with Gasteiger partial charge in [0.25, 0.3) is 0 Å². The average molecular weight is 395 g/mol. The van der Waals surface area contributed by atoms with E-state index in [2.05, 4.69) is 4.90 Å². The molecule has 0 bridgehead atoms. The van der Waals surface area contributed by atoms with Crippen molar-refractivity contribution >= 4 is 11.9 Å². The van der Waals surface area contributed by atoms with Crippen LogP contribution >= 0.6 is 0 Å². The summed E-state index contributed by atoms with van der Waals surface area (Å²) in [4.78, 5) is 15.2. The van der Waals surface area contributed by atoms with E-state index in [-0.39, 0.29) is 17.6 Å². The fraction of sp³-hybridized carbons (Fsp3) is 0.348. The van der Waals surface area contributed by atoms with E-state index < -0.39 is 5.82 Å². The largest absolute Gasteiger partial charge is 0.478 e. The molecule has 0 radical (unpaired) electrons. The van der Waals surface area contributed by atoms with Crippen LogP contribution in [0, 0.1) is 12.7 Å². The topological polar surface area (TPSA) is 48.0 Å². The maximum absolute atomic E-state index is 14.0. The van der Waals surface area contributed by atoms with Crippen LogP contribution in [-0.2, 0) is 11.3 Å². The molecule has 1 unspecified atom stereocenters. The molecule has 0 N–H and O–H groups in total. The molecule has 3 heterocycles. The molecule has 0 aromatic heterocycles. The van der Waals surface area contributed by atoms with Crippen LogP contribution in [0.5, 0.6) is 11.5 Å². The standard InChI is InChI=1S/C23H22FNO4/c1-14-9-19-17(12-25(13-28-19)11-16-6-4-8-27-16)23-21(14)22(26)20(29-23)10-15-5-2-3-7-18(15)24/h2-3,5,7,9-10,16H,4,6,8,11-13H2,1H3/b20-10-. The third kappa shape index (κ3) is 3.32. The van der Waals surface area contributed by atoms with E-state index in [9.17, 15) is 9.18 Å². The Kier molecular flexibility index (Phi) is 4.60. The molecule has 3 aliphatic heterocycles. The maximum atomic E-state index is 14.0. The summed E-state index contributed by atoms with van der Waals surface area (Å²) in [5, 5.41) is 0. The number of carbonyl (C=O) groups is 1. The molecule has 1 fully saturated rings. The fourth-order valence-electron chi connectivity index (χ4n) is 4.20. The van der Waals surface area contributed by atoms with Crippen molar-refractivity contribution in [3.8, 4) is 11.5 Å². The number of halogens is 1. The smallest absolute Gasteiger partial charge is 0.232 e. The Bertz CT molecular complexity index is 1010. The number of fused-ring (bicyclic) bond motifs is 3. The van der Waals surface area contributed by atoms with Gasteiger partial charge in [0.1, 0.15) is 24.0 Å². The van der Waals surface area contributed by atoms with Crippen molar-refractivity contribution < 1.29 is 23.4 Å². The summed E-state index contributed by atoms with van der Waals surface area (Å²) in [6.45, 7) is 4.57. The average Bonchev–Trinajstić information content (AvgIpc) is 3.33. The van der Waals surface area contributed by atoms with E-state index in [4.69, 9.17) is 14.2 Å². The number of aryl methyl sites for hydroxylation is 1. The number of benzene rings is 2. The zero-order chi connectivity index (χ0) is 20.0. The van der Waals surface area contributed by atoms with Gasteiger partial charge in [0, 0.05) is 25.3 Å². The highest BCUT2D eigenvalue weighted by atomic mass is 19.1. The molecule has 1 atom stereocenters. The van der Waals surface area contributed by atoms with E-state index in [0.717, 1.165) is 42.9 Å². The SMILES string of the molecule is Cc1cc2c(c3c1C(=O)/C(=C/c1ccccc1F)O3)CN(CC1CCCO1)CO2. The lowest BCUT2D eigenvalue weighted by molar-refractivity contribution is 0.0273. The van der Waals surface area contributed by atoms with Crippen LogP contribution in [0.15, 0.2) is 36.1 Å². The molecular weight excluding hydrogens is 373 g/mol. The molecule has 2 aromatic carbocycles. The van der Waals surface area contributed by atoms with Gasteiger partial charge < -0.3 is 14.2 Å². The van der Waals surface area contributed by atoms with Crippen molar-refractivity contribution in [2.45, 2.75) is 32.4 Å². The number of ether oxygens (including phenoxy) is 3. The fourth-order valence-corrected chi connectivity index (χ4v) is 4.20. The summed E-state index contributed by atoms with van der Waals surface area (Å²) < 4.78 is 31.7. The summed E-state index contributed by atoms with van der Waals surface area (Å²) in [5.74, 6) is 0.796. The summed E-state index contributed by atoms with van der Waals surface area (Å²) in [5.41, 5.74) is 2.52. The first kappa shape index (κ1) is 18.3. The Hall–Kier alpha value is -2.70. The predicted molar refractivity (Wildman–Crippen MR) is 105 cm³/mol. The van der Waals surface area contributed by atoms with Crippen molar-refractivity contribution in [2.75, 3.05) is 19.9 Å². The Balaban J connectivity index is 1.47. The molecule has 5 rings (SSSR count). The maximum Gasteiger partial charge on any atom is 0.232 e. The molecule has 0 saturated carbocycles. The van der Waals surface area contributed by atoms with Crippen molar-refractivity contribution in [1.29, 1.82) is 0 Å². The van der Waals surface area contributed by atoms with Crippen LogP contribution in [0.4, 0.5) is 4.39 Å². The Morgan fingerprint density at radius 2 is 2.17 bits per heavy atom. The first-order valence-electron chi connectivity index (χ1n) is 9.92. The minimum atomic E-state index is -0.392. The van der Waals surface area contributed by atoms with E-state index >= 15 is 0 Å². The predicted octanol–water partition coefficient (Wildman–Crippen LogP) is 4.08. The van der Waals surface area contributed by atoms with Gasteiger partial charge in [-0.05, 0) is 43.5 Å². The number of rotatable bonds is 3. The summed E-state index contributed by atoms with van der Waals surface area (Å²) >= 11 is 0. The molecule has 5 nitrogen and oxygen atoms in total. The molecule has 1 saturated heterocycles. The second-order valence-electron chi connectivity index (χ2n) is 7.76. The van der Waals surface area contributed by atoms with Gasteiger partial charge in [-0.3, -0.25) is 9.69 Å². The van der Waals surface area contributed by atoms with Crippen LogP contribution < -0.4 is 9.47 Å². The van der Waals surface area contributed by atoms with Crippen molar-refractivity contribution in [3.05, 3.63) is 64.2 Å². The van der Waals surface area contributed by atoms with Gasteiger partial charge in [-0.2, -0.15) is 0 Å². The van der Waals surface area contributed by atoms with E-state index in [1.54, 1.807) is 18.2 Å². The Labute approximate surface area is 168 Å². The highest BCUT2D eigenvalue weighted by Gasteiger charge is 2.36. The highest BCUT2D eigenvalue weighted by molar-refractivity contribution is 6.15. The van der Waals surface area contributed by atoms with Crippen LogP contribution in [0.1, 0.15) is 39.9 Å². The summed E-state index contributed by atoms with van der Waals surface area (Å²) in [6.07, 6.45) is 3.83. The van der Waals surface area contributed by atoms with Gasteiger partial charge in [-0.25, -0.2) is 4.39 Å². The highest BCUT2D eigenvalue weighted by Crippen LogP contribution is 2.44. The monoisotopic (exact) mass is 395 g/mol. The first-order chi connectivity index (χ1) is 14.1. The molecule has 0 amide bonds. The van der Waals surface area contributed by atoms with Crippen LogP contribution in [-0.4, -0.2) is 36.7 Å². The zero-order valence-corrected chi connectivity index (χ0v) is 16.2. The molecule has 3 aliphatic rings. The number of allylic oxidation sites excluding steroid dienone is 1. The molecule has 150 valence electrons. The van der Waals surface area contributed by atoms with E-state index in [0.29, 0.717) is 30.2 Å². The molecule has 0 aliphatic carbocycles. The second kappa shape index (κ2) is 7.28. The third-order valence-corrected chi connectivity index (χ3v) is 5.67. The number of carbonyl (C=O) groups excluding carboxylic acids is 1. The minimum Gasteiger partial charge on any atom is -0.478 e. The number of ketones is 1. The Morgan fingerprint density at radius 1 is 1.31 bits per heavy atom. The second-order valence-corrected chi connectivity index (χ2v) is 7.76. The van der Waals surface area contributed by atoms with Gasteiger partial charge in [0.05, 0.1) is 17.2 Å². The lowest BCUT2D eigenvalue weighted by Crippen LogP contribution is -2.37. The van der Waals surface area contributed by atoms with Crippen LogP contribution in [0.25, 0.3) is 6.08 Å². The number of Topliss-reactive ketones (excluding diaryl/α,β-unsaturated/α-hetero) is 1. The van der Waals surface area contributed by atoms with E-state index in [1.807, 2.05) is 13.0 Å². The third-order valence-electron chi connectivity index (χ3n) is 5.67. The van der Waals surface area contributed by atoms with Gasteiger partial charge in [-0.1, -0.05) is 18.2 Å². The minimum absolute atomic E-state index is 0.137. The van der Waals surface area contributed by atoms with Crippen LogP contribution in [0.3, 0.4) is 0 Å². The lowest BCUT2D eigenvalue weighted by Gasteiger charge is -2.31. The van der Waals surface area contributed by atoms with Gasteiger partial charge >= 0.3 is 0 Å². The molecular formula is C23H22FNO4. The molecule has 29 heavy (non-hydrogen) atoms. The van der Waals surface area contributed by atoms with Gasteiger partial charge in [-0.15, -0.1) is 0 Å². The Morgan fingerprint density at radius 3 is 2.97 bits per heavy atom.